The first-order chi connectivity index (χ1) is 11.3. The van der Waals surface area contributed by atoms with Crippen LogP contribution in [-0.2, 0) is 11.2 Å². The van der Waals surface area contributed by atoms with Gasteiger partial charge in [-0.25, -0.2) is 0 Å². The smallest absolute Gasteiger partial charge is 0.244 e. The summed E-state index contributed by atoms with van der Waals surface area (Å²) in [7, 11) is 0. The van der Waals surface area contributed by atoms with E-state index < -0.39 is 0 Å². The summed E-state index contributed by atoms with van der Waals surface area (Å²) in [5, 5.41) is 3.18. The molecule has 2 atom stereocenters. The second-order valence-electron chi connectivity index (χ2n) is 6.19. The van der Waals surface area contributed by atoms with Crippen LogP contribution in [0.5, 0.6) is 0 Å². The highest BCUT2D eigenvalue weighted by molar-refractivity contribution is 5.91. The highest BCUT2D eigenvalue weighted by Crippen LogP contribution is 2.27. The predicted molar refractivity (Wildman–Crippen MR) is 91.8 cm³/mol. The summed E-state index contributed by atoms with van der Waals surface area (Å²) < 4.78 is 5.47. The van der Waals surface area contributed by atoms with E-state index in [-0.39, 0.29) is 11.9 Å². The Morgan fingerprint density at radius 1 is 1.13 bits per heavy atom. The average Bonchev–Trinajstić information content (AvgIpc) is 3.09. The minimum absolute atomic E-state index is 0.00908. The molecule has 0 radical (unpaired) electrons. The molecule has 3 nitrogen and oxygen atoms in total. The molecule has 1 aliphatic rings. The number of carbonyl (C=O) groups is 1. The number of carbonyl (C=O) groups excluding carboxylic acids is 1. The van der Waals surface area contributed by atoms with Crippen molar-refractivity contribution in [2.24, 2.45) is 5.92 Å². The van der Waals surface area contributed by atoms with Crippen molar-refractivity contribution >= 4 is 12.0 Å². The highest BCUT2D eigenvalue weighted by Gasteiger charge is 2.26. The molecule has 1 aliphatic carbocycles. The molecule has 2 aromatic rings. The van der Waals surface area contributed by atoms with Crippen molar-refractivity contribution < 1.29 is 9.21 Å². The molecule has 0 aliphatic heterocycles. The zero-order chi connectivity index (χ0) is 15.9. The molecule has 0 bridgehead atoms. The summed E-state index contributed by atoms with van der Waals surface area (Å²) in [4.78, 5) is 12.2. The van der Waals surface area contributed by atoms with Crippen LogP contribution in [0.4, 0.5) is 0 Å². The first-order valence-electron chi connectivity index (χ1n) is 8.37. The standard InChI is InChI=1S/C20H23NO2/c22-20(13-12-16-7-2-1-3-8-16)21-19-11-5-4-9-17(19)15-18-10-6-14-23-18/h1-3,6-8,10,12-14,17,19H,4-5,9,11,15H2,(H,21,22). The van der Waals surface area contributed by atoms with Gasteiger partial charge in [-0.1, -0.05) is 43.2 Å². The van der Waals surface area contributed by atoms with Gasteiger partial charge in [-0.2, -0.15) is 0 Å². The second-order valence-corrected chi connectivity index (χ2v) is 6.19. The maximum atomic E-state index is 12.2. The Balaban J connectivity index is 1.58. The van der Waals surface area contributed by atoms with Crippen LogP contribution in [0.2, 0.25) is 0 Å². The minimum Gasteiger partial charge on any atom is -0.469 e. The fourth-order valence-electron chi connectivity index (χ4n) is 3.30. The Morgan fingerprint density at radius 2 is 1.96 bits per heavy atom. The van der Waals surface area contributed by atoms with Crippen molar-refractivity contribution in [2.45, 2.75) is 38.1 Å². The molecular formula is C20H23NO2. The van der Waals surface area contributed by atoms with Crippen molar-refractivity contribution in [3.05, 3.63) is 66.1 Å². The summed E-state index contributed by atoms with van der Waals surface area (Å²) in [6.45, 7) is 0. The topological polar surface area (TPSA) is 42.2 Å². The van der Waals surface area contributed by atoms with Gasteiger partial charge in [0.25, 0.3) is 0 Å². The van der Waals surface area contributed by atoms with Crippen LogP contribution in [0.25, 0.3) is 6.08 Å². The van der Waals surface area contributed by atoms with E-state index in [1.54, 1.807) is 12.3 Å². The van der Waals surface area contributed by atoms with Gasteiger partial charge in [0.2, 0.25) is 5.91 Å². The Morgan fingerprint density at radius 3 is 2.74 bits per heavy atom. The largest absolute Gasteiger partial charge is 0.469 e. The number of rotatable bonds is 5. The predicted octanol–water partition coefficient (Wildman–Crippen LogP) is 4.21. The zero-order valence-electron chi connectivity index (χ0n) is 13.3. The fourth-order valence-corrected chi connectivity index (χ4v) is 3.30. The number of hydrogen-bond donors (Lipinski definition) is 1. The number of nitrogens with one attached hydrogen (secondary N) is 1. The second kappa shape index (κ2) is 7.82. The van der Waals surface area contributed by atoms with E-state index in [0.29, 0.717) is 5.92 Å². The molecular weight excluding hydrogens is 286 g/mol. The van der Waals surface area contributed by atoms with Crippen molar-refractivity contribution in [1.82, 2.24) is 5.32 Å². The lowest BCUT2D eigenvalue weighted by atomic mass is 9.82. The number of amides is 1. The van der Waals surface area contributed by atoms with Gasteiger partial charge in [0.1, 0.15) is 5.76 Å². The van der Waals surface area contributed by atoms with Crippen molar-refractivity contribution in [3.63, 3.8) is 0 Å². The summed E-state index contributed by atoms with van der Waals surface area (Å²) >= 11 is 0. The summed E-state index contributed by atoms with van der Waals surface area (Å²) in [6, 6.07) is 14.1. The van der Waals surface area contributed by atoms with Crippen LogP contribution >= 0.6 is 0 Å². The van der Waals surface area contributed by atoms with E-state index in [0.717, 1.165) is 30.6 Å². The van der Waals surface area contributed by atoms with Gasteiger partial charge in [-0.15, -0.1) is 0 Å². The molecule has 1 saturated carbocycles. The SMILES string of the molecule is O=C(C=Cc1ccccc1)NC1CCCCC1Cc1ccco1. The van der Waals surface area contributed by atoms with Gasteiger partial charge >= 0.3 is 0 Å². The van der Waals surface area contributed by atoms with Crippen LogP contribution in [0, 0.1) is 5.92 Å². The monoisotopic (exact) mass is 309 g/mol. The first-order valence-corrected chi connectivity index (χ1v) is 8.37. The lowest BCUT2D eigenvalue weighted by Crippen LogP contribution is -2.42. The number of benzene rings is 1. The van der Waals surface area contributed by atoms with E-state index in [9.17, 15) is 4.79 Å². The Kier molecular flexibility index (Phi) is 5.30. The summed E-state index contributed by atoms with van der Waals surface area (Å²) in [5.41, 5.74) is 1.04. The Bertz CT molecular complexity index is 631. The van der Waals surface area contributed by atoms with Crippen LogP contribution < -0.4 is 5.32 Å². The van der Waals surface area contributed by atoms with Crippen LogP contribution in [-0.4, -0.2) is 11.9 Å². The first kappa shape index (κ1) is 15.6. The highest BCUT2D eigenvalue weighted by atomic mass is 16.3. The normalized spacial score (nSPS) is 21.4. The van der Waals surface area contributed by atoms with Gasteiger partial charge in [0.05, 0.1) is 6.26 Å². The molecule has 1 N–H and O–H groups in total. The molecule has 1 amide bonds. The van der Waals surface area contributed by atoms with E-state index in [1.807, 2.05) is 48.5 Å². The van der Waals surface area contributed by atoms with E-state index >= 15 is 0 Å². The van der Waals surface area contributed by atoms with Gasteiger partial charge in [-0.3, -0.25) is 4.79 Å². The molecule has 0 saturated heterocycles. The molecule has 120 valence electrons. The summed E-state index contributed by atoms with van der Waals surface area (Å²) in [6.07, 6.45) is 10.7. The lowest BCUT2D eigenvalue weighted by Gasteiger charge is -2.31. The summed E-state index contributed by atoms with van der Waals surface area (Å²) in [5.74, 6) is 1.46. The Labute approximate surface area is 137 Å². The maximum absolute atomic E-state index is 12.2. The lowest BCUT2D eigenvalue weighted by molar-refractivity contribution is -0.117. The van der Waals surface area contributed by atoms with E-state index in [4.69, 9.17) is 4.42 Å². The number of furan rings is 1. The Hall–Kier alpha value is -2.29. The molecule has 0 spiro atoms. The molecule has 3 rings (SSSR count). The van der Waals surface area contributed by atoms with E-state index in [1.165, 1.54) is 12.8 Å². The molecule has 1 aromatic heterocycles. The molecule has 3 heteroatoms. The molecule has 23 heavy (non-hydrogen) atoms. The molecule has 2 unspecified atom stereocenters. The minimum atomic E-state index is -0.00908. The van der Waals surface area contributed by atoms with Crippen molar-refractivity contribution in [1.29, 1.82) is 0 Å². The third-order valence-electron chi connectivity index (χ3n) is 4.51. The third-order valence-corrected chi connectivity index (χ3v) is 4.51. The third kappa shape index (κ3) is 4.59. The quantitative estimate of drug-likeness (QED) is 0.841. The zero-order valence-corrected chi connectivity index (χ0v) is 13.3. The average molecular weight is 309 g/mol. The maximum Gasteiger partial charge on any atom is 0.244 e. The number of hydrogen-bond acceptors (Lipinski definition) is 2. The van der Waals surface area contributed by atoms with Gasteiger partial charge in [0, 0.05) is 18.5 Å². The van der Waals surface area contributed by atoms with E-state index in [2.05, 4.69) is 5.32 Å². The van der Waals surface area contributed by atoms with Crippen molar-refractivity contribution in [3.8, 4) is 0 Å². The van der Waals surface area contributed by atoms with Crippen molar-refractivity contribution in [2.75, 3.05) is 0 Å². The fraction of sp³-hybridized carbons (Fsp3) is 0.350. The molecule has 1 fully saturated rings. The van der Waals surface area contributed by atoms with Crippen LogP contribution in [0.1, 0.15) is 37.0 Å². The van der Waals surface area contributed by atoms with Crippen LogP contribution in [0.3, 0.4) is 0 Å². The van der Waals surface area contributed by atoms with Gasteiger partial charge < -0.3 is 9.73 Å². The molecule has 1 aromatic carbocycles. The van der Waals surface area contributed by atoms with Crippen LogP contribution in [0.15, 0.2) is 59.2 Å². The molecule has 1 heterocycles. The van der Waals surface area contributed by atoms with Gasteiger partial charge in [0.15, 0.2) is 0 Å². The van der Waals surface area contributed by atoms with Gasteiger partial charge in [-0.05, 0) is 42.5 Å².